The van der Waals surface area contributed by atoms with Crippen LogP contribution in [0.25, 0.3) is 16.7 Å². The second kappa shape index (κ2) is 16.6. The number of sulfonamides is 1. The molecule has 18 heteroatoms. The highest BCUT2D eigenvalue weighted by atomic mass is 32.2. The quantitative estimate of drug-likeness (QED) is 0.171. The molecule has 0 bridgehead atoms. The molecule has 2 aliphatic carbocycles. The lowest BCUT2D eigenvalue weighted by Gasteiger charge is -2.33. The zero-order valence-electron chi connectivity index (χ0n) is 35.7. The third-order valence-corrected chi connectivity index (χ3v) is 15.4. The van der Waals surface area contributed by atoms with E-state index in [-0.39, 0.29) is 31.7 Å². The van der Waals surface area contributed by atoms with Crippen LogP contribution in [0.4, 0.5) is 13.2 Å². The van der Waals surface area contributed by atoms with Crippen LogP contribution in [-0.4, -0.2) is 94.0 Å². The minimum Gasteiger partial charge on any atom is -0.497 e. The van der Waals surface area contributed by atoms with Gasteiger partial charge in [-0.05, 0) is 95.2 Å². The Morgan fingerprint density at radius 1 is 1.08 bits per heavy atom. The van der Waals surface area contributed by atoms with Crippen LogP contribution in [0.1, 0.15) is 92.4 Å². The molecule has 3 fully saturated rings. The SMILES string of the molecule is COc1ccc2c(O[C@@H]3C[C@H]4C(=O)C[C@]5(C(=O)NS(=O)(=O)C6(C)CC6)C[C@H]5/C=C\CC[C@@H](C)C[C@@H](C)[C@H](CC(=O)OC(C)(C)C(F)(F)F)C(=O)N4C3)cc(-n3cccn3)nc2c1. The fourth-order valence-corrected chi connectivity index (χ4v) is 10.1. The van der Waals surface area contributed by atoms with Gasteiger partial charge in [0.1, 0.15) is 17.6 Å². The zero-order valence-corrected chi connectivity index (χ0v) is 36.6. The Morgan fingerprint density at radius 2 is 1.82 bits per heavy atom. The molecule has 0 spiro atoms. The third kappa shape index (κ3) is 9.07. The van der Waals surface area contributed by atoms with Gasteiger partial charge < -0.3 is 19.1 Å². The Kier molecular flexibility index (Phi) is 12.1. The number of aromatic nitrogens is 3. The summed E-state index contributed by atoms with van der Waals surface area (Å²) in [6.07, 6.45) is 2.93. The van der Waals surface area contributed by atoms with Crippen molar-refractivity contribution in [3.05, 3.63) is 54.9 Å². The molecule has 0 radical (unpaired) electrons. The van der Waals surface area contributed by atoms with Crippen molar-refractivity contribution < 1.29 is 55.0 Å². The van der Waals surface area contributed by atoms with E-state index in [1.54, 1.807) is 61.3 Å². The maximum atomic E-state index is 15.0. The Balaban J connectivity index is 1.26. The summed E-state index contributed by atoms with van der Waals surface area (Å²) in [5.41, 5.74) is -3.72. The highest BCUT2D eigenvalue weighted by Crippen LogP contribution is 2.58. The third-order valence-electron chi connectivity index (χ3n) is 13.2. The van der Waals surface area contributed by atoms with E-state index in [1.165, 1.54) is 12.0 Å². The Morgan fingerprint density at radius 3 is 2.48 bits per heavy atom. The molecule has 1 N–H and O–H groups in total. The highest BCUT2D eigenvalue weighted by Gasteiger charge is 2.63. The first-order valence-electron chi connectivity index (χ1n) is 21.1. The molecule has 4 heterocycles. The summed E-state index contributed by atoms with van der Waals surface area (Å²) in [5, 5.41) is 4.90. The summed E-state index contributed by atoms with van der Waals surface area (Å²) < 4.78 is 88.0. The van der Waals surface area contributed by atoms with Gasteiger partial charge in [-0.2, -0.15) is 18.3 Å². The molecule has 2 saturated carbocycles. The minimum atomic E-state index is -4.88. The fourth-order valence-electron chi connectivity index (χ4n) is 8.74. The maximum Gasteiger partial charge on any atom is 0.427 e. The van der Waals surface area contributed by atoms with E-state index in [1.807, 2.05) is 19.1 Å². The van der Waals surface area contributed by atoms with Crippen LogP contribution in [0.15, 0.2) is 54.9 Å². The van der Waals surface area contributed by atoms with Crippen LogP contribution in [-0.2, 0) is 33.9 Å². The first kappa shape index (κ1) is 45.0. The predicted molar refractivity (Wildman–Crippen MR) is 220 cm³/mol. The summed E-state index contributed by atoms with van der Waals surface area (Å²) in [4.78, 5) is 63.3. The van der Waals surface area contributed by atoms with E-state index >= 15 is 4.79 Å². The molecular weight excluding hydrogens is 832 g/mol. The first-order chi connectivity index (χ1) is 29.1. The molecule has 2 amide bonds. The lowest BCUT2D eigenvalue weighted by molar-refractivity contribution is -0.257. The van der Waals surface area contributed by atoms with Gasteiger partial charge in [-0.3, -0.25) is 23.9 Å². The van der Waals surface area contributed by atoms with Gasteiger partial charge >= 0.3 is 12.1 Å². The monoisotopic (exact) mass is 885 g/mol. The summed E-state index contributed by atoms with van der Waals surface area (Å²) >= 11 is 0. The molecule has 3 aromatic rings. The largest absolute Gasteiger partial charge is 0.497 e. The van der Waals surface area contributed by atoms with Crippen molar-refractivity contribution in [2.45, 2.75) is 121 Å². The number of carbonyl (C=O) groups is 4. The van der Waals surface area contributed by atoms with Crippen molar-refractivity contribution in [2.75, 3.05) is 13.7 Å². The number of pyridine rings is 1. The molecular formula is C44H54F3N5O9S. The van der Waals surface area contributed by atoms with Gasteiger partial charge in [0.05, 0.1) is 47.7 Å². The van der Waals surface area contributed by atoms with E-state index in [2.05, 4.69) is 9.82 Å². The number of allylic oxidation sites excluding steroid dienone is 2. The van der Waals surface area contributed by atoms with Gasteiger partial charge in [0, 0.05) is 42.8 Å². The van der Waals surface area contributed by atoms with E-state index in [9.17, 15) is 36.0 Å². The normalized spacial score (nSPS) is 28.5. The van der Waals surface area contributed by atoms with E-state index < -0.39 is 91.8 Å². The number of alkyl halides is 3. The second-order valence-electron chi connectivity index (χ2n) is 18.4. The summed E-state index contributed by atoms with van der Waals surface area (Å²) in [5.74, 6) is -3.99. The number of carbonyl (C=O) groups excluding carboxylic acids is 4. The van der Waals surface area contributed by atoms with Crippen LogP contribution in [0.2, 0.25) is 0 Å². The summed E-state index contributed by atoms with van der Waals surface area (Å²) in [6, 6.07) is 7.43. The number of benzene rings is 1. The van der Waals surface area contributed by atoms with Crippen molar-refractivity contribution >= 4 is 44.5 Å². The van der Waals surface area contributed by atoms with Crippen molar-refractivity contribution in [1.29, 1.82) is 0 Å². The van der Waals surface area contributed by atoms with E-state index in [4.69, 9.17) is 19.2 Å². The minimum absolute atomic E-state index is 0.00377. The van der Waals surface area contributed by atoms with Gasteiger partial charge in [-0.15, -0.1) is 0 Å². The molecule has 4 aliphatic rings. The number of nitrogens with one attached hydrogen (secondary N) is 1. The zero-order chi connectivity index (χ0) is 45.0. The van der Waals surface area contributed by atoms with Crippen molar-refractivity contribution in [3.63, 3.8) is 0 Å². The average molecular weight is 886 g/mol. The Hall–Kier alpha value is -5.00. The van der Waals surface area contributed by atoms with Gasteiger partial charge in [0.2, 0.25) is 27.4 Å². The van der Waals surface area contributed by atoms with E-state index in [0.717, 1.165) is 13.8 Å². The molecule has 62 heavy (non-hydrogen) atoms. The number of rotatable bonds is 10. The molecule has 1 aromatic carbocycles. The topological polar surface area (TPSA) is 176 Å². The predicted octanol–water partition coefficient (Wildman–Crippen LogP) is 6.64. The van der Waals surface area contributed by atoms with Crippen LogP contribution in [0, 0.1) is 29.1 Å². The van der Waals surface area contributed by atoms with Crippen LogP contribution in [0.5, 0.6) is 11.5 Å². The molecule has 0 unspecified atom stereocenters. The van der Waals surface area contributed by atoms with Gasteiger partial charge in [-0.25, -0.2) is 18.1 Å². The van der Waals surface area contributed by atoms with Crippen LogP contribution < -0.4 is 14.2 Å². The number of Topliss-reactive ketones (excluding diaryl/α,β-unsaturated/α-hetero) is 1. The molecule has 2 aliphatic heterocycles. The van der Waals surface area contributed by atoms with Gasteiger partial charge in [0.15, 0.2) is 11.6 Å². The molecule has 7 rings (SSSR count). The molecule has 2 aromatic heterocycles. The standard InChI is InChI=1S/C44H54F3N5O9S/c1-26-10-7-8-11-28-23-43(28,40(56)50-62(57,58)42(5)14-15-42)24-35(53)34-20-30(25-51(34)39(55)32(27(2)18-26)21-38(54)61-41(3,4)44(45,46)47)60-36-22-37(52-17-9-16-48-52)49-33-19-29(59-6)12-13-31(33)36/h8-9,11-13,16-17,19,22,26-28,30,32,34H,7,10,14-15,18,20-21,23-25H2,1-6H3,(H,50,56)/b11-8-/t26-,27-,28-,30-,32+,34+,43-/m1/s1. The number of amides is 2. The van der Waals surface area contributed by atoms with Crippen LogP contribution in [0.3, 0.4) is 0 Å². The number of methoxy groups -OCH3 is 1. The lowest BCUT2D eigenvalue weighted by atomic mass is 9.82. The number of esters is 1. The number of ketones is 1. The number of ether oxygens (including phenoxy) is 3. The average Bonchev–Trinajstić information content (AvgIpc) is 3.94. The van der Waals surface area contributed by atoms with Gasteiger partial charge in [-0.1, -0.05) is 26.0 Å². The number of fused-ring (bicyclic) bond motifs is 3. The summed E-state index contributed by atoms with van der Waals surface area (Å²) in [6.45, 7) is 6.63. The number of halogens is 3. The maximum absolute atomic E-state index is 15.0. The number of hydrogen-bond donors (Lipinski definition) is 1. The highest BCUT2D eigenvalue weighted by molar-refractivity contribution is 7.91. The van der Waals surface area contributed by atoms with Crippen molar-refractivity contribution in [2.24, 2.45) is 29.1 Å². The summed E-state index contributed by atoms with van der Waals surface area (Å²) in [7, 11) is -2.53. The Labute approximate surface area is 359 Å². The van der Waals surface area contributed by atoms with E-state index in [0.29, 0.717) is 60.3 Å². The first-order valence-corrected chi connectivity index (χ1v) is 22.6. The number of nitrogens with zero attached hydrogens (tertiary/aromatic N) is 4. The molecule has 336 valence electrons. The van der Waals surface area contributed by atoms with Crippen molar-refractivity contribution in [1.82, 2.24) is 24.4 Å². The fraction of sp³-hybridized carbons (Fsp3) is 0.591. The molecule has 14 nitrogen and oxygen atoms in total. The smallest absolute Gasteiger partial charge is 0.427 e. The Bertz CT molecular complexity index is 2370. The van der Waals surface area contributed by atoms with Crippen molar-refractivity contribution in [3.8, 4) is 17.3 Å². The lowest BCUT2D eigenvalue weighted by Crippen LogP contribution is -2.48. The van der Waals surface area contributed by atoms with Crippen LogP contribution >= 0.6 is 0 Å². The second-order valence-corrected chi connectivity index (χ2v) is 20.6. The molecule has 1 saturated heterocycles. The molecule has 7 atom stereocenters. The number of hydrogen-bond acceptors (Lipinski definition) is 11. The van der Waals surface area contributed by atoms with Gasteiger partial charge in [0.25, 0.3) is 0 Å².